The Balaban J connectivity index is 2.70. The zero-order chi connectivity index (χ0) is 12.1. The van der Waals surface area contributed by atoms with Crippen molar-refractivity contribution < 1.29 is 8.78 Å². The number of hydrogen-bond acceptors (Lipinski definition) is 2. The van der Waals surface area contributed by atoms with E-state index < -0.39 is 11.6 Å². The summed E-state index contributed by atoms with van der Waals surface area (Å²) in [6, 6.07) is 3.81. The normalized spacial score (nSPS) is 12.4. The summed E-state index contributed by atoms with van der Waals surface area (Å²) in [7, 11) is 0. The fraction of sp³-hybridized carbons (Fsp3) is 0.364. The third-order valence-corrected chi connectivity index (χ3v) is 3.46. The number of amidine groups is 1. The van der Waals surface area contributed by atoms with Gasteiger partial charge in [-0.15, -0.1) is 11.8 Å². The lowest BCUT2D eigenvalue weighted by molar-refractivity contribution is 0.506. The summed E-state index contributed by atoms with van der Waals surface area (Å²) in [5.41, 5.74) is 5.31. The summed E-state index contributed by atoms with van der Waals surface area (Å²) in [6.07, 6.45) is 1.28. The van der Waals surface area contributed by atoms with E-state index in [-0.39, 0.29) is 11.1 Å². The number of rotatable bonds is 5. The monoisotopic (exact) mass is 244 g/mol. The largest absolute Gasteiger partial charge is 0.388 e. The van der Waals surface area contributed by atoms with Crippen molar-refractivity contribution in [2.75, 3.05) is 0 Å². The minimum Gasteiger partial charge on any atom is -0.388 e. The lowest BCUT2D eigenvalue weighted by Gasteiger charge is -2.13. The molecule has 3 N–H and O–H groups in total. The van der Waals surface area contributed by atoms with Crippen LogP contribution in [-0.4, -0.2) is 11.1 Å². The number of hydrogen-bond donors (Lipinski definition) is 2. The van der Waals surface area contributed by atoms with E-state index in [0.29, 0.717) is 11.3 Å². The van der Waals surface area contributed by atoms with Gasteiger partial charge in [-0.1, -0.05) is 6.92 Å². The number of thioether (sulfide) groups is 1. The zero-order valence-electron chi connectivity index (χ0n) is 8.97. The van der Waals surface area contributed by atoms with Gasteiger partial charge in [0.25, 0.3) is 0 Å². The van der Waals surface area contributed by atoms with Gasteiger partial charge in [-0.3, -0.25) is 5.41 Å². The molecule has 0 saturated heterocycles. The number of benzene rings is 1. The summed E-state index contributed by atoms with van der Waals surface area (Å²) in [5, 5.41) is 7.33. The molecule has 16 heavy (non-hydrogen) atoms. The van der Waals surface area contributed by atoms with Crippen molar-refractivity contribution in [2.45, 2.75) is 29.9 Å². The van der Waals surface area contributed by atoms with E-state index in [4.69, 9.17) is 11.1 Å². The molecule has 1 unspecified atom stereocenters. The Labute approximate surface area is 97.7 Å². The predicted molar refractivity (Wildman–Crippen MR) is 62.8 cm³/mol. The van der Waals surface area contributed by atoms with Crippen LogP contribution >= 0.6 is 11.8 Å². The molecule has 88 valence electrons. The first-order valence-corrected chi connectivity index (χ1v) is 5.85. The quantitative estimate of drug-likeness (QED) is 0.475. The molecule has 0 fully saturated rings. The van der Waals surface area contributed by atoms with Gasteiger partial charge >= 0.3 is 0 Å². The van der Waals surface area contributed by atoms with Crippen molar-refractivity contribution >= 4 is 17.6 Å². The Morgan fingerprint density at radius 1 is 1.44 bits per heavy atom. The standard InChI is InChI=1S/C11H14F2N2S/c1-2-7(6-11(14)15)16-8-3-4-9(12)10(13)5-8/h3-5,7H,2,6H2,1H3,(H3,14,15). The van der Waals surface area contributed by atoms with Crippen molar-refractivity contribution in [1.82, 2.24) is 0 Å². The molecule has 2 nitrogen and oxygen atoms in total. The third kappa shape index (κ3) is 3.81. The fourth-order valence-electron chi connectivity index (χ4n) is 1.26. The second-order valence-electron chi connectivity index (χ2n) is 3.45. The summed E-state index contributed by atoms with van der Waals surface area (Å²) in [6.45, 7) is 1.97. The second-order valence-corrected chi connectivity index (χ2v) is 4.83. The molecular weight excluding hydrogens is 230 g/mol. The molecule has 0 radical (unpaired) electrons. The lowest BCUT2D eigenvalue weighted by atomic mass is 10.2. The maximum absolute atomic E-state index is 12.9. The maximum atomic E-state index is 12.9. The molecule has 1 aromatic rings. The molecule has 0 saturated carbocycles. The number of nitrogens with one attached hydrogen (secondary N) is 1. The predicted octanol–water partition coefficient (Wildman–Crippen LogP) is 3.16. The van der Waals surface area contributed by atoms with Gasteiger partial charge < -0.3 is 5.73 Å². The van der Waals surface area contributed by atoms with Crippen molar-refractivity contribution in [3.8, 4) is 0 Å². The van der Waals surface area contributed by atoms with E-state index >= 15 is 0 Å². The average molecular weight is 244 g/mol. The van der Waals surface area contributed by atoms with Gasteiger partial charge in [0, 0.05) is 16.6 Å². The molecule has 0 aliphatic heterocycles. The van der Waals surface area contributed by atoms with E-state index in [0.717, 1.165) is 12.5 Å². The van der Waals surface area contributed by atoms with Crippen molar-refractivity contribution in [2.24, 2.45) is 5.73 Å². The first-order chi connectivity index (χ1) is 7.52. The lowest BCUT2D eigenvalue weighted by Crippen LogP contribution is -2.16. The Kier molecular flexibility index (Phi) is 4.73. The van der Waals surface area contributed by atoms with E-state index in [1.807, 2.05) is 6.92 Å². The molecule has 0 aliphatic rings. The minimum atomic E-state index is -0.845. The van der Waals surface area contributed by atoms with Crippen molar-refractivity contribution in [1.29, 1.82) is 5.41 Å². The fourth-order valence-corrected chi connectivity index (χ4v) is 2.39. The van der Waals surface area contributed by atoms with Gasteiger partial charge in [0.05, 0.1) is 5.84 Å². The molecule has 0 spiro atoms. The van der Waals surface area contributed by atoms with Gasteiger partial charge in [0.2, 0.25) is 0 Å². The molecule has 0 bridgehead atoms. The van der Waals surface area contributed by atoms with Gasteiger partial charge in [-0.25, -0.2) is 8.78 Å². The molecular formula is C11H14F2N2S. The summed E-state index contributed by atoms with van der Waals surface area (Å²) in [4.78, 5) is 0.659. The molecule has 5 heteroatoms. The van der Waals surface area contributed by atoms with Crippen LogP contribution in [0.2, 0.25) is 0 Å². The molecule has 1 atom stereocenters. The highest BCUT2D eigenvalue weighted by Gasteiger charge is 2.11. The van der Waals surface area contributed by atoms with Crippen LogP contribution in [0, 0.1) is 17.0 Å². The smallest absolute Gasteiger partial charge is 0.159 e. The van der Waals surface area contributed by atoms with Crippen molar-refractivity contribution in [3.05, 3.63) is 29.8 Å². The molecule has 0 heterocycles. The second kappa shape index (κ2) is 5.84. The van der Waals surface area contributed by atoms with Crippen LogP contribution in [-0.2, 0) is 0 Å². The SMILES string of the molecule is CCC(CC(=N)N)Sc1ccc(F)c(F)c1. The highest BCUT2D eigenvalue weighted by atomic mass is 32.2. The van der Waals surface area contributed by atoms with E-state index in [9.17, 15) is 8.78 Å². The van der Waals surface area contributed by atoms with Crippen LogP contribution in [0.15, 0.2) is 23.1 Å². The molecule has 1 rings (SSSR count). The molecule has 0 amide bonds. The topological polar surface area (TPSA) is 49.9 Å². The summed E-state index contributed by atoms with van der Waals surface area (Å²) < 4.78 is 25.6. The number of nitrogens with two attached hydrogens (primary N) is 1. The zero-order valence-corrected chi connectivity index (χ0v) is 9.78. The van der Waals surface area contributed by atoms with Gasteiger partial charge in [-0.05, 0) is 24.6 Å². The molecule has 0 aliphatic carbocycles. The van der Waals surface area contributed by atoms with E-state index in [1.54, 1.807) is 0 Å². The summed E-state index contributed by atoms with van der Waals surface area (Å²) >= 11 is 1.41. The van der Waals surface area contributed by atoms with Crippen molar-refractivity contribution in [3.63, 3.8) is 0 Å². The Bertz CT molecular complexity index is 382. The third-order valence-electron chi connectivity index (χ3n) is 2.10. The Morgan fingerprint density at radius 2 is 2.12 bits per heavy atom. The Morgan fingerprint density at radius 3 is 2.62 bits per heavy atom. The first-order valence-electron chi connectivity index (χ1n) is 4.97. The highest BCUT2D eigenvalue weighted by Crippen LogP contribution is 2.28. The van der Waals surface area contributed by atoms with Crippen LogP contribution in [0.4, 0.5) is 8.78 Å². The van der Waals surface area contributed by atoms with Crippen LogP contribution < -0.4 is 5.73 Å². The molecule has 1 aromatic carbocycles. The number of halogens is 2. The summed E-state index contributed by atoms with van der Waals surface area (Å²) in [5.74, 6) is -1.58. The minimum absolute atomic E-state index is 0.113. The van der Waals surface area contributed by atoms with E-state index in [1.165, 1.54) is 23.9 Å². The van der Waals surface area contributed by atoms with Crippen LogP contribution in [0.25, 0.3) is 0 Å². The van der Waals surface area contributed by atoms with E-state index in [2.05, 4.69) is 0 Å². The van der Waals surface area contributed by atoms with Gasteiger partial charge in [0.15, 0.2) is 11.6 Å². The first kappa shape index (κ1) is 13.0. The maximum Gasteiger partial charge on any atom is 0.159 e. The van der Waals surface area contributed by atoms with Crippen LogP contribution in [0.5, 0.6) is 0 Å². The highest BCUT2D eigenvalue weighted by molar-refractivity contribution is 8.00. The van der Waals surface area contributed by atoms with Gasteiger partial charge in [-0.2, -0.15) is 0 Å². The van der Waals surface area contributed by atoms with Gasteiger partial charge in [0.1, 0.15) is 0 Å². The van der Waals surface area contributed by atoms with Crippen LogP contribution in [0.1, 0.15) is 19.8 Å². The molecule has 0 aromatic heterocycles. The average Bonchev–Trinajstić information content (AvgIpc) is 2.22. The Hall–Kier alpha value is -1.10. The van der Waals surface area contributed by atoms with Crippen LogP contribution in [0.3, 0.4) is 0 Å².